The maximum Gasteiger partial charge on any atom is 2.00 e. The first-order chi connectivity index (χ1) is 11.8. The van der Waals surface area contributed by atoms with Gasteiger partial charge in [-0.3, -0.25) is 12.2 Å². The van der Waals surface area contributed by atoms with Crippen molar-refractivity contribution in [2.24, 2.45) is 0 Å². The van der Waals surface area contributed by atoms with Gasteiger partial charge in [0.25, 0.3) is 0 Å². The summed E-state index contributed by atoms with van der Waals surface area (Å²) < 4.78 is 0. The maximum absolute atomic E-state index is 3.12. The third-order valence-electron chi connectivity index (χ3n) is 3.61. The summed E-state index contributed by atoms with van der Waals surface area (Å²) in [4.78, 5) is 0. The molecule has 0 amide bonds. The molecule has 25 heavy (non-hydrogen) atoms. The molecule has 0 radical (unpaired) electrons. The van der Waals surface area contributed by atoms with Gasteiger partial charge in [-0.25, -0.2) is 23.3 Å². The Bertz CT molecular complexity index is 648. The van der Waals surface area contributed by atoms with Crippen LogP contribution in [0.25, 0.3) is 11.1 Å². The van der Waals surface area contributed by atoms with Gasteiger partial charge in [0.05, 0.1) is 0 Å². The molecule has 0 aromatic heterocycles. The van der Waals surface area contributed by atoms with Crippen molar-refractivity contribution in [3.05, 3.63) is 108 Å². The zero-order chi connectivity index (χ0) is 17.0. The molecule has 2 aliphatic rings. The Kier molecular flexibility index (Phi) is 10.8. The van der Waals surface area contributed by atoms with Gasteiger partial charge in [0, 0.05) is 0 Å². The van der Waals surface area contributed by atoms with Crippen molar-refractivity contribution in [1.29, 1.82) is 0 Å². The number of benzene rings is 2. The Balaban J connectivity index is 0.000000204. The Morgan fingerprint density at radius 1 is 0.600 bits per heavy atom. The average Bonchev–Trinajstić information content (AvgIpc) is 3.31. The summed E-state index contributed by atoms with van der Waals surface area (Å²) in [5, 5.41) is 0. The molecule has 0 heterocycles. The summed E-state index contributed by atoms with van der Waals surface area (Å²) in [6.07, 6.45) is 16.7. The minimum Gasteiger partial charge on any atom is -0.270 e. The van der Waals surface area contributed by atoms with Gasteiger partial charge in [-0.05, 0) is 11.1 Å². The van der Waals surface area contributed by atoms with Crippen LogP contribution in [0.5, 0.6) is 0 Å². The SMILES string of the molecule is CC1=[C-]CC=C1.CC1=[C-]CC=C1.[Zr+2].c1ccc(-c2ccccc2)cc1. The molecule has 0 saturated heterocycles. The van der Waals surface area contributed by atoms with E-state index in [2.05, 4.69) is 98.8 Å². The van der Waals surface area contributed by atoms with Gasteiger partial charge in [0.15, 0.2) is 0 Å². The normalized spacial score (nSPS) is 13.5. The summed E-state index contributed by atoms with van der Waals surface area (Å²) >= 11 is 0. The molecule has 0 aliphatic heterocycles. The molecular weight excluding hydrogens is 379 g/mol. The van der Waals surface area contributed by atoms with Gasteiger partial charge in [-0.1, -0.05) is 74.5 Å². The molecule has 0 saturated carbocycles. The van der Waals surface area contributed by atoms with E-state index in [0.29, 0.717) is 0 Å². The van der Waals surface area contributed by atoms with E-state index in [1.807, 2.05) is 12.1 Å². The van der Waals surface area contributed by atoms with E-state index in [4.69, 9.17) is 0 Å². The third kappa shape index (κ3) is 8.80. The summed E-state index contributed by atoms with van der Waals surface area (Å²) in [5.74, 6) is 0. The summed E-state index contributed by atoms with van der Waals surface area (Å²) in [6, 6.07) is 20.8. The average molecular weight is 404 g/mol. The molecule has 0 atom stereocenters. The molecule has 0 spiro atoms. The molecule has 4 rings (SSSR count). The fourth-order valence-electron chi connectivity index (χ4n) is 2.29. The minimum atomic E-state index is 0. The Morgan fingerprint density at radius 2 is 0.960 bits per heavy atom. The molecule has 2 aromatic carbocycles. The molecule has 2 aliphatic carbocycles. The van der Waals surface area contributed by atoms with Gasteiger partial charge in [-0.15, -0.1) is 12.8 Å². The van der Waals surface area contributed by atoms with Gasteiger partial charge in [0.2, 0.25) is 0 Å². The van der Waals surface area contributed by atoms with Crippen LogP contribution in [0.4, 0.5) is 0 Å². The van der Waals surface area contributed by atoms with Crippen molar-refractivity contribution >= 4 is 0 Å². The standard InChI is InChI=1S/C12H10.2C6H7.Zr/c1-3-7-11(8-4-1)12-9-5-2-6-10-12;2*1-6-4-2-3-5-6;/h1-10H;2*2,4H,3H2,1H3;/q;2*-1;+2. The van der Waals surface area contributed by atoms with E-state index in [0.717, 1.165) is 12.8 Å². The molecule has 0 unspecified atom stereocenters. The van der Waals surface area contributed by atoms with Crippen LogP contribution in [0, 0.1) is 12.2 Å². The minimum absolute atomic E-state index is 0. The molecule has 0 N–H and O–H groups in total. The monoisotopic (exact) mass is 402 g/mol. The van der Waals surface area contributed by atoms with E-state index in [1.165, 1.54) is 22.3 Å². The predicted octanol–water partition coefficient (Wildman–Crippen LogP) is 6.74. The van der Waals surface area contributed by atoms with Gasteiger partial charge < -0.3 is 0 Å². The maximum atomic E-state index is 3.12. The second kappa shape index (κ2) is 12.6. The van der Waals surface area contributed by atoms with Crippen LogP contribution in [0.2, 0.25) is 0 Å². The third-order valence-corrected chi connectivity index (χ3v) is 3.61. The molecule has 2 aromatic rings. The smallest absolute Gasteiger partial charge is 0.270 e. The van der Waals surface area contributed by atoms with E-state index in [-0.39, 0.29) is 26.2 Å². The van der Waals surface area contributed by atoms with Crippen molar-refractivity contribution in [3.8, 4) is 11.1 Å². The van der Waals surface area contributed by atoms with Crippen LogP contribution in [-0.4, -0.2) is 0 Å². The fourth-order valence-corrected chi connectivity index (χ4v) is 2.29. The van der Waals surface area contributed by atoms with Crippen LogP contribution in [-0.2, 0) is 26.2 Å². The van der Waals surface area contributed by atoms with Crippen molar-refractivity contribution in [2.45, 2.75) is 26.7 Å². The molecule has 0 bridgehead atoms. The Labute approximate surface area is 171 Å². The van der Waals surface area contributed by atoms with Crippen LogP contribution in [0.1, 0.15) is 26.7 Å². The van der Waals surface area contributed by atoms with Crippen LogP contribution in [0.15, 0.2) is 96.1 Å². The predicted molar refractivity (Wildman–Crippen MR) is 104 cm³/mol. The van der Waals surface area contributed by atoms with E-state index in [1.54, 1.807) is 0 Å². The van der Waals surface area contributed by atoms with Crippen molar-refractivity contribution in [3.63, 3.8) is 0 Å². The molecule has 124 valence electrons. The molecule has 0 fully saturated rings. The van der Waals surface area contributed by atoms with Gasteiger partial charge in [0.1, 0.15) is 0 Å². The number of hydrogen-bond acceptors (Lipinski definition) is 0. The molecular formula is C24H24Zr. The summed E-state index contributed by atoms with van der Waals surface area (Å²) in [6.45, 7) is 4.12. The van der Waals surface area contributed by atoms with Crippen molar-refractivity contribution < 1.29 is 26.2 Å². The van der Waals surface area contributed by atoms with Crippen LogP contribution in [0.3, 0.4) is 0 Å². The Hall–Kier alpha value is -1.72. The van der Waals surface area contributed by atoms with Crippen molar-refractivity contribution in [1.82, 2.24) is 0 Å². The van der Waals surface area contributed by atoms with Crippen LogP contribution >= 0.6 is 0 Å². The number of hydrogen-bond donors (Lipinski definition) is 0. The fraction of sp³-hybridized carbons (Fsp3) is 0.167. The summed E-state index contributed by atoms with van der Waals surface area (Å²) in [7, 11) is 0. The van der Waals surface area contributed by atoms with E-state index in [9.17, 15) is 0 Å². The first-order valence-electron chi connectivity index (χ1n) is 8.34. The molecule has 1 heteroatoms. The zero-order valence-corrected chi connectivity index (χ0v) is 17.5. The van der Waals surface area contributed by atoms with Gasteiger partial charge >= 0.3 is 26.2 Å². The second-order valence-electron chi connectivity index (χ2n) is 5.66. The Morgan fingerprint density at radius 3 is 1.16 bits per heavy atom. The summed E-state index contributed by atoms with van der Waals surface area (Å²) in [5.41, 5.74) is 5.10. The topological polar surface area (TPSA) is 0 Å². The van der Waals surface area contributed by atoms with E-state index < -0.39 is 0 Å². The van der Waals surface area contributed by atoms with E-state index >= 15 is 0 Å². The second-order valence-corrected chi connectivity index (χ2v) is 5.66. The number of rotatable bonds is 1. The first kappa shape index (κ1) is 21.3. The molecule has 0 nitrogen and oxygen atoms in total. The zero-order valence-electron chi connectivity index (χ0n) is 15.0. The van der Waals surface area contributed by atoms with Crippen LogP contribution < -0.4 is 0 Å². The van der Waals surface area contributed by atoms with Crippen molar-refractivity contribution in [2.75, 3.05) is 0 Å². The quantitative estimate of drug-likeness (QED) is 0.462. The number of allylic oxidation sites excluding steroid dienone is 8. The largest absolute Gasteiger partial charge is 2.00 e. The first-order valence-corrected chi connectivity index (χ1v) is 8.34. The van der Waals surface area contributed by atoms with Gasteiger partial charge in [-0.2, -0.15) is 12.2 Å².